The minimum atomic E-state index is -1.49. The number of carbonyl (C=O) groups excluding carboxylic acids is 3. The van der Waals surface area contributed by atoms with Gasteiger partial charge in [0.05, 0.1) is 6.42 Å². The number of ketones is 1. The fourth-order valence-corrected chi connectivity index (χ4v) is 1.58. The summed E-state index contributed by atoms with van der Waals surface area (Å²) in [5.41, 5.74) is 4.87. The van der Waals surface area contributed by atoms with Crippen LogP contribution in [-0.4, -0.2) is 46.4 Å². The van der Waals surface area contributed by atoms with Crippen LogP contribution < -0.4 is 11.1 Å². The highest BCUT2D eigenvalue weighted by molar-refractivity contribution is 6.03. The molecule has 1 unspecified atom stereocenters. The maximum atomic E-state index is 11.8. The number of nitrogens with one attached hydrogen (secondary N) is 1. The van der Waals surface area contributed by atoms with Gasteiger partial charge >= 0.3 is 5.97 Å². The van der Waals surface area contributed by atoms with Gasteiger partial charge in [0.2, 0.25) is 11.8 Å². The van der Waals surface area contributed by atoms with Gasteiger partial charge in [-0.2, -0.15) is 0 Å². The Morgan fingerprint density at radius 3 is 2.05 bits per heavy atom. The summed E-state index contributed by atoms with van der Waals surface area (Å²) >= 11 is 0. The number of hydrogen-bond donors (Lipinski definition) is 4. The van der Waals surface area contributed by atoms with E-state index in [1.54, 1.807) is 13.8 Å². The van der Waals surface area contributed by atoms with Gasteiger partial charge in [-0.25, -0.2) is 4.79 Å². The SMILES string of the molecule is CC(C)C(C(=O)CO)C(=O)N[C@@H](CC(N)=O)C(=O)O. The Balaban J connectivity index is 4.91. The summed E-state index contributed by atoms with van der Waals surface area (Å²) in [5, 5.41) is 19.7. The van der Waals surface area contributed by atoms with Gasteiger partial charge in [0.1, 0.15) is 18.6 Å². The number of hydrogen-bond acceptors (Lipinski definition) is 5. The fraction of sp³-hybridized carbons (Fsp3) is 0.636. The summed E-state index contributed by atoms with van der Waals surface area (Å²) in [6.45, 7) is 2.35. The zero-order chi connectivity index (χ0) is 15.2. The lowest BCUT2D eigenvalue weighted by atomic mass is 9.90. The number of aliphatic hydroxyl groups excluding tert-OH is 1. The van der Waals surface area contributed by atoms with E-state index in [9.17, 15) is 19.2 Å². The molecule has 0 bridgehead atoms. The highest BCUT2D eigenvalue weighted by atomic mass is 16.4. The number of Topliss-reactive ketones (excluding diaryl/α,β-unsaturated/α-hetero) is 1. The second-order valence-corrected chi connectivity index (χ2v) is 4.42. The van der Waals surface area contributed by atoms with Gasteiger partial charge in [-0.05, 0) is 5.92 Å². The standard InChI is InChI=1S/C11H18N2O6/c1-5(2)9(7(15)4-14)10(17)13-6(11(18)19)3-8(12)16/h5-6,9,14H,3-4H2,1-2H3,(H2,12,16)(H,13,17)(H,18,19)/t6-,9?/m0/s1. The number of carboxylic acids is 1. The van der Waals surface area contributed by atoms with E-state index in [0.29, 0.717) is 0 Å². The number of primary amides is 1. The summed E-state index contributed by atoms with van der Waals surface area (Å²) in [4.78, 5) is 44.8. The van der Waals surface area contributed by atoms with Crippen LogP contribution in [0.4, 0.5) is 0 Å². The molecule has 0 aromatic heterocycles. The molecule has 5 N–H and O–H groups in total. The summed E-state index contributed by atoms with van der Waals surface area (Å²) in [5.74, 6) is -5.45. The molecule has 0 fully saturated rings. The van der Waals surface area contributed by atoms with Crippen molar-refractivity contribution in [2.45, 2.75) is 26.3 Å². The molecule has 0 heterocycles. The highest BCUT2D eigenvalue weighted by Crippen LogP contribution is 2.13. The van der Waals surface area contributed by atoms with Crippen LogP contribution in [0.25, 0.3) is 0 Å². The zero-order valence-corrected chi connectivity index (χ0v) is 10.8. The highest BCUT2D eigenvalue weighted by Gasteiger charge is 2.32. The lowest BCUT2D eigenvalue weighted by Crippen LogP contribution is -2.48. The molecule has 0 aliphatic heterocycles. The fourth-order valence-electron chi connectivity index (χ4n) is 1.58. The van der Waals surface area contributed by atoms with Crippen LogP contribution >= 0.6 is 0 Å². The number of rotatable bonds is 8. The summed E-state index contributed by atoms with van der Waals surface area (Å²) < 4.78 is 0. The maximum Gasteiger partial charge on any atom is 0.326 e. The molecule has 0 radical (unpaired) electrons. The Morgan fingerprint density at radius 1 is 1.21 bits per heavy atom. The van der Waals surface area contributed by atoms with Crippen LogP contribution in [0.15, 0.2) is 0 Å². The number of carbonyl (C=O) groups is 4. The molecular formula is C11H18N2O6. The average molecular weight is 274 g/mol. The maximum absolute atomic E-state index is 11.8. The molecule has 2 atom stereocenters. The molecule has 8 nitrogen and oxygen atoms in total. The number of aliphatic carboxylic acids is 1. The second kappa shape index (κ2) is 7.47. The Kier molecular flexibility index (Phi) is 6.70. The lowest BCUT2D eigenvalue weighted by Gasteiger charge is -2.20. The third-order valence-electron chi connectivity index (χ3n) is 2.47. The summed E-state index contributed by atoms with van der Waals surface area (Å²) in [7, 11) is 0. The van der Waals surface area contributed by atoms with Crippen molar-refractivity contribution >= 4 is 23.6 Å². The lowest BCUT2D eigenvalue weighted by molar-refractivity contribution is -0.146. The Labute approximate surface area is 110 Å². The van der Waals surface area contributed by atoms with E-state index in [-0.39, 0.29) is 0 Å². The molecule has 0 aromatic rings. The monoisotopic (exact) mass is 274 g/mol. The van der Waals surface area contributed by atoms with Crippen LogP contribution in [0, 0.1) is 11.8 Å². The van der Waals surface area contributed by atoms with Gasteiger partial charge in [-0.3, -0.25) is 14.4 Å². The quantitative estimate of drug-likeness (QED) is 0.386. The van der Waals surface area contributed by atoms with Crippen LogP contribution in [-0.2, 0) is 19.2 Å². The average Bonchev–Trinajstić information content (AvgIpc) is 2.26. The molecule has 19 heavy (non-hydrogen) atoms. The third kappa shape index (κ3) is 5.47. The van der Waals surface area contributed by atoms with Crippen LogP contribution in [0.5, 0.6) is 0 Å². The van der Waals surface area contributed by atoms with Crippen molar-refractivity contribution in [1.29, 1.82) is 0 Å². The van der Waals surface area contributed by atoms with Crippen molar-refractivity contribution in [3.8, 4) is 0 Å². The molecule has 2 amide bonds. The molecule has 0 aliphatic rings. The molecule has 0 spiro atoms. The molecular weight excluding hydrogens is 256 g/mol. The number of amides is 2. The van der Waals surface area contributed by atoms with E-state index >= 15 is 0 Å². The zero-order valence-electron chi connectivity index (χ0n) is 10.8. The van der Waals surface area contributed by atoms with Gasteiger partial charge in [-0.15, -0.1) is 0 Å². The van der Waals surface area contributed by atoms with Gasteiger partial charge < -0.3 is 21.3 Å². The van der Waals surface area contributed by atoms with Crippen LogP contribution in [0.2, 0.25) is 0 Å². The molecule has 108 valence electrons. The van der Waals surface area contributed by atoms with Crippen molar-refractivity contribution < 1.29 is 29.4 Å². The van der Waals surface area contributed by atoms with E-state index < -0.39 is 54.5 Å². The first-order valence-corrected chi connectivity index (χ1v) is 5.65. The van der Waals surface area contributed by atoms with Crippen molar-refractivity contribution in [1.82, 2.24) is 5.32 Å². The van der Waals surface area contributed by atoms with Gasteiger partial charge in [0, 0.05) is 0 Å². The predicted molar refractivity (Wildman–Crippen MR) is 63.8 cm³/mol. The number of nitrogens with two attached hydrogens (primary N) is 1. The van der Waals surface area contributed by atoms with Crippen molar-refractivity contribution in [2.75, 3.05) is 6.61 Å². The Hall–Kier alpha value is -1.96. The first-order chi connectivity index (χ1) is 8.70. The number of carboxylic acid groups (broad SMARTS) is 1. The molecule has 0 saturated heterocycles. The van der Waals surface area contributed by atoms with E-state index in [4.69, 9.17) is 15.9 Å². The smallest absolute Gasteiger partial charge is 0.326 e. The van der Waals surface area contributed by atoms with Crippen LogP contribution in [0.3, 0.4) is 0 Å². The Morgan fingerprint density at radius 2 is 1.74 bits per heavy atom. The molecule has 8 heteroatoms. The van der Waals surface area contributed by atoms with E-state index in [2.05, 4.69) is 5.32 Å². The van der Waals surface area contributed by atoms with Crippen molar-refractivity contribution in [3.05, 3.63) is 0 Å². The van der Waals surface area contributed by atoms with Crippen molar-refractivity contribution in [3.63, 3.8) is 0 Å². The van der Waals surface area contributed by atoms with Gasteiger partial charge in [0.15, 0.2) is 5.78 Å². The normalized spacial score (nSPS) is 13.7. The first kappa shape index (κ1) is 17.0. The Bertz CT molecular complexity index is 379. The van der Waals surface area contributed by atoms with E-state index in [1.165, 1.54) is 0 Å². The van der Waals surface area contributed by atoms with Gasteiger partial charge in [0.25, 0.3) is 0 Å². The predicted octanol–water partition coefficient (Wildman–Crippen LogP) is -1.74. The minimum Gasteiger partial charge on any atom is -0.480 e. The molecule has 0 aromatic carbocycles. The largest absolute Gasteiger partial charge is 0.480 e. The third-order valence-corrected chi connectivity index (χ3v) is 2.47. The molecule has 0 saturated carbocycles. The van der Waals surface area contributed by atoms with E-state index in [0.717, 1.165) is 0 Å². The minimum absolute atomic E-state index is 0.414. The van der Waals surface area contributed by atoms with E-state index in [1.807, 2.05) is 0 Å². The second-order valence-electron chi connectivity index (χ2n) is 4.42. The summed E-state index contributed by atoms with van der Waals surface area (Å²) in [6.07, 6.45) is -0.570. The summed E-state index contributed by atoms with van der Waals surface area (Å²) in [6, 6.07) is -1.49. The van der Waals surface area contributed by atoms with Crippen LogP contribution in [0.1, 0.15) is 20.3 Å². The molecule has 0 rings (SSSR count). The van der Waals surface area contributed by atoms with Crippen molar-refractivity contribution in [2.24, 2.45) is 17.6 Å². The first-order valence-electron chi connectivity index (χ1n) is 5.65. The molecule has 0 aliphatic carbocycles. The number of aliphatic hydroxyl groups is 1. The topological polar surface area (TPSA) is 147 Å². The van der Waals surface area contributed by atoms with Gasteiger partial charge in [-0.1, -0.05) is 13.8 Å².